The van der Waals surface area contributed by atoms with Gasteiger partial charge in [0, 0.05) is 11.1 Å². The third kappa shape index (κ3) is 2.06. The molecule has 0 bridgehead atoms. The van der Waals surface area contributed by atoms with Gasteiger partial charge in [0.15, 0.2) is 0 Å². The van der Waals surface area contributed by atoms with Crippen LogP contribution in [0.4, 0.5) is 0 Å². The molecule has 0 aromatic heterocycles. The highest BCUT2D eigenvalue weighted by Crippen LogP contribution is 2.35. The van der Waals surface area contributed by atoms with Crippen molar-refractivity contribution in [3.63, 3.8) is 0 Å². The van der Waals surface area contributed by atoms with Crippen molar-refractivity contribution in [2.75, 3.05) is 27.2 Å². The zero-order valence-electron chi connectivity index (χ0n) is 10.1. The van der Waals surface area contributed by atoms with Crippen LogP contribution >= 0.6 is 0 Å². The van der Waals surface area contributed by atoms with Gasteiger partial charge in [0.1, 0.15) is 5.75 Å². The molecular weight excluding hydrogens is 200 g/mol. The van der Waals surface area contributed by atoms with Crippen molar-refractivity contribution < 1.29 is 4.74 Å². The van der Waals surface area contributed by atoms with Crippen LogP contribution in [0.25, 0.3) is 0 Å². The first kappa shape index (κ1) is 11.4. The number of para-hydroxylation sites is 1. The molecule has 0 saturated carbocycles. The van der Waals surface area contributed by atoms with E-state index in [1.54, 1.807) is 7.11 Å². The van der Waals surface area contributed by atoms with E-state index in [1.165, 1.54) is 0 Å². The average Bonchev–Trinajstić information content (AvgIpc) is 2.33. The Hall–Kier alpha value is -1.06. The third-order valence-corrected chi connectivity index (χ3v) is 3.52. The van der Waals surface area contributed by atoms with E-state index < -0.39 is 0 Å². The van der Waals surface area contributed by atoms with Crippen molar-refractivity contribution in [2.45, 2.75) is 18.4 Å². The summed E-state index contributed by atoms with van der Waals surface area (Å²) < 4.78 is 5.40. The Morgan fingerprint density at radius 1 is 1.25 bits per heavy atom. The Morgan fingerprint density at radius 2 is 1.88 bits per heavy atom. The fraction of sp³-hybridized carbons (Fsp3) is 0.538. The van der Waals surface area contributed by atoms with Gasteiger partial charge < -0.3 is 15.4 Å². The van der Waals surface area contributed by atoms with Crippen molar-refractivity contribution in [1.29, 1.82) is 0 Å². The van der Waals surface area contributed by atoms with Gasteiger partial charge in [0.2, 0.25) is 0 Å². The van der Waals surface area contributed by atoms with Crippen molar-refractivity contribution in [3.05, 3.63) is 29.8 Å². The van der Waals surface area contributed by atoms with E-state index in [1.807, 2.05) is 18.2 Å². The first-order chi connectivity index (χ1) is 7.65. The summed E-state index contributed by atoms with van der Waals surface area (Å²) in [4.78, 5) is 2.32. The molecule has 16 heavy (non-hydrogen) atoms. The van der Waals surface area contributed by atoms with E-state index >= 15 is 0 Å². The summed E-state index contributed by atoms with van der Waals surface area (Å²) in [7, 11) is 3.85. The maximum atomic E-state index is 6.51. The summed E-state index contributed by atoms with van der Waals surface area (Å²) in [6.45, 7) is 2.10. The molecule has 1 aliphatic rings. The smallest absolute Gasteiger partial charge is 0.123 e. The van der Waals surface area contributed by atoms with Gasteiger partial charge in [-0.25, -0.2) is 0 Å². The zero-order valence-corrected chi connectivity index (χ0v) is 10.1. The molecule has 1 aromatic rings. The van der Waals surface area contributed by atoms with Gasteiger partial charge in [0.25, 0.3) is 0 Å². The molecule has 1 heterocycles. The lowest BCUT2D eigenvalue weighted by Gasteiger charge is -2.38. The third-order valence-electron chi connectivity index (χ3n) is 3.52. The molecule has 2 rings (SSSR count). The van der Waals surface area contributed by atoms with E-state index in [0.717, 1.165) is 37.2 Å². The van der Waals surface area contributed by atoms with Crippen LogP contribution in [0.15, 0.2) is 24.3 Å². The molecule has 3 nitrogen and oxygen atoms in total. The van der Waals surface area contributed by atoms with Crippen LogP contribution in [-0.4, -0.2) is 32.1 Å². The van der Waals surface area contributed by atoms with Gasteiger partial charge in [-0.3, -0.25) is 0 Å². The lowest BCUT2D eigenvalue weighted by molar-refractivity contribution is 0.188. The number of likely N-dealkylation sites (tertiary alicyclic amines) is 1. The summed E-state index contributed by atoms with van der Waals surface area (Å²) in [5, 5.41) is 0. The molecule has 0 radical (unpaired) electrons. The van der Waals surface area contributed by atoms with Crippen LogP contribution in [0.3, 0.4) is 0 Å². The standard InChI is InChI=1S/C13H20N2O/c1-15-9-7-13(14,8-10-15)11-5-3-4-6-12(11)16-2/h3-6H,7-10,14H2,1-2H3. The monoisotopic (exact) mass is 220 g/mol. The molecule has 1 fully saturated rings. The van der Waals surface area contributed by atoms with Crippen LogP contribution in [0.2, 0.25) is 0 Å². The van der Waals surface area contributed by atoms with Crippen LogP contribution in [0.5, 0.6) is 5.75 Å². The van der Waals surface area contributed by atoms with Gasteiger partial charge in [0.05, 0.1) is 7.11 Å². The quantitative estimate of drug-likeness (QED) is 0.822. The van der Waals surface area contributed by atoms with Gasteiger partial charge in [-0.05, 0) is 39.0 Å². The molecule has 88 valence electrons. The Bertz CT molecular complexity index is 357. The Kier molecular flexibility index (Phi) is 3.17. The summed E-state index contributed by atoms with van der Waals surface area (Å²) in [6, 6.07) is 8.10. The normalized spacial score (nSPS) is 20.7. The highest BCUT2D eigenvalue weighted by Gasteiger charge is 2.33. The molecule has 0 atom stereocenters. The Balaban J connectivity index is 2.28. The predicted molar refractivity (Wildman–Crippen MR) is 65.6 cm³/mol. The summed E-state index contributed by atoms with van der Waals surface area (Å²) in [5.74, 6) is 0.912. The van der Waals surface area contributed by atoms with Crippen molar-refractivity contribution in [3.8, 4) is 5.75 Å². The first-order valence-electron chi connectivity index (χ1n) is 5.77. The molecule has 2 N–H and O–H groups in total. The van der Waals surface area contributed by atoms with E-state index in [2.05, 4.69) is 18.0 Å². The van der Waals surface area contributed by atoms with Crippen molar-refractivity contribution in [1.82, 2.24) is 4.90 Å². The maximum absolute atomic E-state index is 6.51. The number of hydrogen-bond donors (Lipinski definition) is 1. The van der Waals surface area contributed by atoms with Gasteiger partial charge in [-0.15, -0.1) is 0 Å². The number of benzene rings is 1. The minimum atomic E-state index is -0.223. The molecule has 3 heteroatoms. The van der Waals surface area contributed by atoms with Crippen molar-refractivity contribution >= 4 is 0 Å². The minimum absolute atomic E-state index is 0.223. The largest absolute Gasteiger partial charge is 0.496 e. The van der Waals surface area contributed by atoms with E-state index in [0.29, 0.717) is 0 Å². The van der Waals surface area contributed by atoms with Crippen LogP contribution < -0.4 is 10.5 Å². The van der Waals surface area contributed by atoms with Crippen molar-refractivity contribution in [2.24, 2.45) is 5.73 Å². The van der Waals surface area contributed by atoms with Crippen LogP contribution in [0.1, 0.15) is 18.4 Å². The summed E-state index contributed by atoms with van der Waals surface area (Å²) in [5.41, 5.74) is 7.43. The van der Waals surface area contributed by atoms with Crippen LogP contribution in [0, 0.1) is 0 Å². The fourth-order valence-corrected chi connectivity index (χ4v) is 2.34. The number of nitrogens with zero attached hydrogens (tertiary/aromatic N) is 1. The number of ether oxygens (including phenoxy) is 1. The van der Waals surface area contributed by atoms with Gasteiger partial charge in [-0.1, -0.05) is 18.2 Å². The highest BCUT2D eigenvalue weighted by molar-refractivity contribution is 5.39. The second-order valence-electron chi connectivity index (χ2n) is 4.66. The summed E-state index contributed by atoms with van der Waals surface area (Å²) >= 11 is 0. The second kappa shape index (κ2) is 4.44. The summed E-state index contributed by atoms with van der Waals surface area (Å²) in [6.07, 6.45) is 1.98. The number of nitrogens with two attached hydrogens (primary N) is 1. The van der Waals surface area contributed by atoms with E-state index in [-0.39, 0.29) is 5.54 Å². The number of hydrogen-bond acceptors (Lipinski definition) is 3. The molecule has 1 saturated heterocycles. The average molecular weight is 220 g/mol. The minimum Gasteiger partial charge on any atom is -0.496 e. The first-order valence-corrected chi connectivity index (χ1v) is 5.77. The number of piperidine rings is 1. The van der Waals surface area contributed by atoms with Crippen LogP contribution in [-0.2, 0) is 5.54 Å². The van der Waals surface area contributed by atoms with Gasteiger partial charge in [-0.2, -0.15) is 0 Å². The molecule has 1 aliphatic heterocycles. The Labute approximate surface area is 97.2 Å². The molecule has 0 aliphatic carbocycles. The number of rotatable bonds is 2. The zero-order chi connectivity index (χ0) is 11.6. The molecule has 0 spiro atoms. The number of methoxy groups -OCH3 is 1. The highest BCUT2D eigenvalue weighted by atomic mass is 16.5. The maximum Gasteiger partial charge on any atom is 0.123 e. The fourth-order valence-electron chi connectivity index (χ4n) is 2.34. The second-order valence-corrected chi connectivity index (χ2v) is 4.66. The predicted octanol–water partition coefficient (Wildman–Crippen LogP) is 1.57. The topological polar surface area (TPSA) is 38.5 Å². The lowest BCUT2D eigenvalue weighted by atomic mass is 9.81. The van der Waals surface area contributed by atoms with E-state index in [9.17, 15) is 0 Å². The van der Waals surface area contributed by atoms with Gasteiger partial charge >= 0.3 is 0 Å². The molecule has 1 aromatic carbocycles. The molecule has 0 unspecified atom stereocenters. The SMILES string of the molecule is COc1ccccc1C1(N)CCN(C)CC1. The molecule has 0 amide bonds. The lowest BCUT2D eigenvalue weighted by Crippen LogP contribution is -2.47. The Morgan fingerprint density at radius 3 is 2.50 bits per heavy atom. The van der Waals surface area contributed by atoms with E-state index in [4.69, 9.17) is 10.5 Å². The molecular formula is C13H20N2O.